The summed E-state index contributed by atoms with van der Waals surface area (Å²) < 4.78 is 5.59. The summed E-state index contributed by atoms with van der Waals surface area (Å²) in [6, 6.07) is 9.59. The predicted octanol–water partition coefficient (Wildman–Crippen LogP) is 3.81. The molecule has 0 amide bonds. The molecule has 3 aromatic heterocycles. The maximum absolute atomic E-state index is 6.19. The summed E-state index contributed by atoms with van der Waals surface area (Å²) in [5, 5.41) is 3.18. The Balaban J connectivity index is 0.00000117. The van der Waals surface area contributed by atoms with E-state index in [4.69, 9.17) is 15.9 Å². The molecular formula is C19H26N6O. The molecule has 0 aromatic carbocycles. The SMILES string of the molecule is CC.CCc1cccc(CNc2nc(N)nc(-c3ccc(C)o3)c2N)n1. The molecule has 0 fully saturated rings. The number of furan rings is 1. The van der Waals surface area contributed by atoms with Crippen LogP contribution in [0.3, 0.4) is 0 Å². The average molecular weight is 354 g/mol. The minimum atomic E-state index is 0.131. The summed E-state index contributed by atoms with van der Waals surface area (Å²) in [4.78, 5) is 12.9. The summed E-state index contributed by atoms with van der Waals surface area (Å²) in [5.74, 6) is 1.94. The lowest BCUT2D eigenvalue weighted by atomic mass is 10.2. The Morgan fingerprint density at radius 1 is 1.00 bits per heavy atom. The fourth-order valence-electron chi connectivity index (χ4n) is 2.37. The van der Waals surface area contributed by atoms with Crippen LogP contribution >= 0.6 is 0 Å². The number of anilines is 3. The van der Waals surface area contributed by atoms with E-state index >= 15 is 0 Å². The van der Waals surface area contributed by atoms with Gasteiger partial charge in [-0.25, -0.2) is 4.98 Å². The fraction of sp³-hybridized carbons (Fsp3) is 0.316. The number of hydrogen-bond acceptors (Lipinski definition) is 7. The van der Waals surface area contributed by atoms with Gasteiger partial charge < -0.3 is 21.2 Å². The minimum Gasteiger partial charge on any atom is -0.460 e. The Morgan fingerprint density at radius 3 is 2.38 bits per heavy atom. The Kier molecular flexibility index (Phi) is 6.54. The minimum absolute atomic E-state index is 0.131. The average Bonchev–Trinajstić information content (AvgIpc) is 3.10. The fourth-order valence-corrected chi connectivity index (χ4v) is 2.37. The van der Waals surface area contributed by atoms with Crippen molar-refractivity contribution in [3.05, 3.63) is 47.5 Å². The van der Waals surface area contributed by atoms with Crippen LogP contribution in [0.15, 0.2) is 34.7 Å². The van der Waals surface area contributed by atoms with Gasteiger partial charge in [-0.05, 0) is 37.6 Å². The maximum atomic E-state index is 6.19. The molecule has 5 N–H and O–H groups in total. The molecule has 0 aliphatic heterocycles. The van der Waals surface area contributed by atoms with Crippen LogP contribution in [0, 0.1) is 6.92 Å². The zero-order valence-corrected chi connectivity index (χ0v) is 15.7. The van der Waals surface area contributed by atoms with Crippen molar-refractivity contribution in [3.8, 4) is 11.5 Å². The predicted molar refractivity (Wildman–Crippen MR) is 106 cm³/mol. The molecule has 7 heteroatoms. The number of nitrogens with one attached hydrogen (secondary N) is 1. The van der Waals surface area contributed by atoms with Crippen LogP contribution in [0.1, 0.15) is 37.9 Å². The molecule has 0 aliphatic rings. The van der Waals surface area contributed by atoms with E-state index in [1.54, 1.807) is 0 Å². The van der Waals surface area contributed by atoms with Crippen LogP contribution in [-0.4, -0.2) is 15.0 Å². The lowest BCUT2D eigenvalue weighted by Gasteiger charge is -2.11. The number of aromatic nitrogens is 3. The van der Waals surface area contributed by atoms with Crippen molar-refractivity contribution in [2.75, 3.05) is 16.8 Å². The van der Waals surface area contributed by atoms with E-state index in [1.807, 2.05) is 51.1 Å². The van der Waals surface area contributed by atoms with Gasteiger partial charge in [0.2, 0.25) is 5.95 Å². The Bertz CT molecular complexity index is 859. The molecule has 26 heavy (non-hydrogen) atoms. The highest BCUT2D eigenvalue weighted by Crippen LogP contribution is 2.30. The van der Waals surface area contributed by atoms with Crippen LogP contribution < -0.4 is 16.8 Å². The van der Waals surface area contributed by atoms with Gasteiger partial charge in [-0.2, -0.15) is 4.98 Å². The van der Waals surface area contributed by atoms with Gasteiger partial charge in [0, 0.05) is 5.69 Å². The number of hydrogen-bond donors (Lipinski definition) is 3. The number of pyridine rings is 1. The monoisotopic (exact) mass is 354 g/mol. The molecule has 0 unspecified atom stereocenters. The topological polar surface area (TPSA) is 116 Å². The molecule has 0 bridgehead atoms. The molecule has 138 valence electrons. The molecule has 3 heterocycles. The summed E-state index contributed by atoms with van der Waals surface area (Å²) >= 11 is 0. The number of nitrogens with zero attached hydrogens (tertiary/aromatic N) is 3. The zero-order chi connectivity index (χ0) is 19.1. The highest BCUT2D eigenvalue weighted by atomic mass is 16.3. The molecule has 3 rings (SSSR count). The van der Waals surface area contributed by atoms with Gasteiger partial charge in [-0.3, -0.25) is 4.98 Å². The molecule has 0 atom stereocenters. The lowest BCUT2D eigenvalue weighted by molar-refractivity contribution is 0.546. The van der Waals surface area contributed by atoms with Crippen molar-refractivity contribution < 1.29 is 4.42 Å². The summed E-state index contributed by atoms with van der Waals surface area (Å²) in [6.45, 7) is 8.42. The zero-order valence-electron chi connectivity index (χ0n) is 15.7. The molecule has 3 aromatic rings. The van der Waals surface area contributed by atoms with Gasteiger partial charge in [0.25, 0.3) is 0 Å². The number of nitrogen functional groups attached to an aromatic ring is 2. The first-order valence-corrected chi connectivity index (χ1v) is 8.75. The van der Waals surface area contributed by atoms with Crippen LogP contribution in [0.2, 0.25) is 0 Å². The van der Waals surface area contributed by atoms with Crippen molar-refractivity contribution in [1.82, 2.24) is 15.0 Å². The highest BCUT2D eigenvalue weighted by molar-refractivity contribution is 5.79. The van der Waals surface area contributed by atoms with E-state index in [1.165, 1.54) is 0 Å². The first-order valence-electron chi connectivity index (χ1n) is 8.75. The molecule has 0 spiro atoms. The van der Waals surface area contributed by atoms with Gasteiger partial charge in [0.1, 0.15) is 17.1 Å². The second-order valence-electron chi connectivity index (χ2n) is 5.43. The van der Waals surface area contributed by atoms with Crippen molar-refractivity contribution in [3.63, 3.8) is 0 Å². The first-order chi connectivity index (χ1) is 12.6. The normalized spacial score (nSPS) is 10.2. The Hall–Kier alpha value is -3.09. The Labute approximate surface area is 153 Å². The van der Waals surface area contributed by atoms with E-state index in [9.17, 15) is 0 Å². The van der Waals surface area contributed by atoms with Gasteiger partial charge in [-0.15, -0.1) is 0 Å². The molecule has 7 nitrogen and oxygen atoms in total. The van der Waals surface area contributed by atoms with E-state index in [2.05, 4.69) is 27.2 Å². The van der Waals surface area contributed by atoms with Crippen molar-refractivity contribution in [2.24, 2.45) is 0 Å². The largest absolute Gasteiger partial charge is 0.460 e. The Morgan fingerprint density at radius 2 is 1.73 bits per heavy atom. The van der Waals surface area contributed by atoms with Crippen molar-refractivity contribution in [1.29, 1.82) is 0 Å². The highest BCUT2D eigenvalue weighted by Gasteiger charge is 2.15. The number of rotatable bonds is 5. The number of aryl methyl sites for hydroxylation is 2. The van der Waals surface area contributed by atoms with Gasteiger partial charge in [-0.1, -0.05) is 26.8 Å². The van der Waals surface area contributed by atoms with E-state index in [-0.39, 0.29) is 5.95 Å². The van der Waals surface area contributed by atoms with Crippen molar-refractivity contribution >= 4 is 17.5 Å². The van der Waals surface area contributed by atoms with Crippen molar-refractivity contribution in [2.45, 2.75) is 40.7 Å². The van der Waals surface area contributed by atoms with Gasteiger partial charge in [0.05, 0.1) is 12.2 Å². The van der Waals surface area contributed by atoms with E-state index in [0.717, 1.165) is 23.6 Å². The summed E-state index contributed by atoms with van der Waals surface area (Å²) in [7, 11) is 0. The van der Waals surface area contributed by atoms with E-state index in [0.29, 0.717) is 29.5 Å². The first kappa shape index (κ1) is 19.2. The third-order valence-corrected chi connectivity index (χ3v) is 3.60. The van der Waals surface area contributed by atoms with Crippen LogP contribution in [0.4, 0.5) is 17.5 Å². The van der Waals surface area contributed by atoms with Gasteiger partial charge >= 0.3 is 0 Å². The molecule has 0 saturated heterocycles. The van der Waals surface area contributed by atoms with Crippen LogP contribution in [0.25, 0.3) is 11.5 Å². The number of nitrogens with two attached hydrogens (primary N) is 2. The van der Waals surface area contributed by atoms with Crippen LogP contribution in [-0.2, 0) is 13.0 Å². The molecular weight excluding hydrogens is 328 g/mol. The molecule has 0 radical (unpaired) electrons. The smallest absolute Gasteiger partial charge is 0.222 e. The summed E-state index contributed by atoms with van der Waals surface area (Å²) in [6.07, 6.45) is 0.887. The molecule has 0 saturated carbocycles. The third kappa shape index (κ3) is 4.50. The maximum Gasteiger partial charge on any atom is 0.222 e. The summed E-state index contributed by atoms with van der Waals surface area (Å²) in [5.41, 5.74) is 14.8. The quantitative estimate of drug-likeness (QED) is 0.638. The van der Waals surface area contributed by atoms with Crippen LogP contribution in [0.5, 0.6) is 0 Å². The van der Waals surface area contributed by atoms with Gasteiger partial charge in [0.15, 0.2) is 11.6 Å². The second kappa shape index (κ2) is 8.84. The lowest BCUT2D eigenvalue weighted by Crippen LogP contribution is -2.10. The van der Waals surface area contributed by atoms with E-state index < -0.39 is 0 Å². The standard InChI is InChI=1S/C17H20N6O.C2H6/c1-3-11-5-4-6-12(21-11)9-20-16-14(18)15(22-17(19)23-16)13-8-7-10(2)24-13;1-2/h4-8H,3,9,18H2,1-2H3,(H3,19,20,22,23);1-2H3. The molecule has 0 aliphatic carbocycles. The second-order valence-corrected chi connectivity index (χ2v) is 5.43. The third-order valence-electron chi connectivity index (χ3n) is 3.60.